The topological polar surface area (TPSA) is 56.5 Å². The Morgan fingerprint density at radius 1 is 1.10 bits per heavy atom. The standard InChI is InChI=1S/C15H16BrIN2O2/c1-20-10-4-6-14(21-2)12(8-10)15(19-18)11-7-9(16)3-5-13(11)17/h3-8,15,19H,18H2,1-2H3. The Morgan fingerprint density at radius 2 is 1.86 bits per heavy atom. The molecule has 112 valence electrons. The highest BCUT2D eigenvalue weighted by atomic mass is 127. The van der Waals surface area contributed by atoms with Gasteiger partial charge in [0, 0.05) is 13.6 Å². The molecule has 1 atom stereocenters. The third-order valence-electron chi connectivity index (χ3n) is 3.18. The third-order valence-corrected chi connectivity index (χ3v) is 4.66. The number of methoxy groups -OCH3 is 2. The number of benzene rings is 2. The second-order valence-electron chi connectivity index (χ2n) is 4.37. The van der Waals surface area contributed by atoms with E-state index in [1.807, 2.05) is 36.4 Å². The molecule has 2 aromatic carbocycles. The molecule has 0 aliphatic carbocycles. The maximum absolute atomic E-state index is 5.81. The smallest absolute Gasteiger partial charge is 0.124 e. The van der Waals surface area contributed by atoms with E-state index in [1.54, 1.807) is 14.2 Å². The van der Waals surface area contributed by atoms with E-state index in [-0.39, 0.29) is 6.04 Å². The van der Waals surface area contributed by atoms with Crippen LogP contribution in [0.3, 0.4) is 0 Å². The summed E-state index contributed by atoms with van der Waals surface area (Å²) in [6, 6.07) is 11.6. The van der Waals surface area contributed by atoms with Crippen LogP contribution in [0.2, 0.25) is 0 Å². The lowest BCUT2D eigenvalue weighted by Gasteiger charge is -2.21. The van der Waals surface area contributed by atoms with Crippen LogP contribution in [-0.4, -0.2) is 14.2 Å². The van der Waals surface area contributed by atoms with Crippen LogP contribution in [0.5, 0.6) is 11.5 Å². The summed E-state index contributed by atoms with van der Waals surface area (Å²) in [5.41, 5.74) is 4.86. The van der Waals surface area contributed by atoms with Crippen LogP contribution < -0.4 is 20.7 Å². The van der Waals surface area contributed by atoms with Gasteiger partial charge in [0.2, 0.25) is 0 Å². The number of ether oxygens (including phenoxy) is 2. The van der Waals surface area contributed by atoms with E-state index in [0.29, 0.717) is 0 Å². The number of hydrogen-bond acceptors (Lipinski definition) is 4. The van der Waals surface area contributed by atoms with Gasteiger partial charge >= 0.3 is 0 Å². The Balaban J connectivity index is 2.57. The first-order valence-electron chi connectivity index (χ1n) is 6.23. The average Bonchev–Trinajstić information content (AvgIpc) is 2.51. The fourth-order valence-electron chi connectivity index (χ4n) is 2.15. The highest BCUT2D eigenvalue weighted by Crippen LogP contribution is 2.35. The van der Waals surface area contributed by atoms with Gasteiger partial charge in [0.05, 0.1) is 20.3 Å². The number of halogens is 2. The van der Waals surface area contributed by atoms with Crippen molar-refractivity contribution in [2.45, 2.75) is 6.04 Å². The zero-order valence-electron chi connectivity index (χ0n) is 11.7. The molecule has 0 saturated carbocycles. The van der Waals surface area contributed by atoms with E-state index in [1.165, 1.54) is 0 Å². The normalized spacial score (nSPS) is 12.0. The number of nitrogens with one attached hydrogen (secondary N) is 1. The predicted molar refractivity (Wildman–Crippen MR) is 95.6 cm³/mol. The van der Waals surface area contributed by atoms with E-state index in [2.05, 4.69) is 43.9 Å². The summed E-state index contributed by atoms with van der Waals surface area (Å²) in [5.74, 6) is 7.32. The predicted octanol–water partition coefficient (Wildman–Crippen LogP) is 3.62. The molecule has 0 aliphatic heterocycles. The van der Waals surface area contributed by atoms with Gasteiger partial charge in [0.25, 0.3) is 0 Å². The molecule has 2 rings (SSSR count). The molecule has 0 aromatic heterocycles. The highest BCUT2D eigenvalue weighted by molar-refractivity contribution is 14.1. The van der Waals surface area contributed by atoms with Gasteiger partial charge in [-0.3, -0.25) is 5.84 Å². The summed E-state index contributed by atoms with van der Waals surface area (Å²) in [4.78, 5) is 0. The Labute approximate surface area is 146 Å². The highest BCUT2D eigenvalue weighted by Gasteiger charge is 2.20. The molecular formula is C15H16BrIN2O2. The zero-order chi connectivity index (χ0) is 15.4. The molecule has 6 heteroatoms. The van der Waals surface area contributed by atoms with Crippen molar-refractivity contribution in [1.29, 1.82) is 0 Å². The molecule has 0 spiro atoms. The number of hydrazine groups is 1. The van der Waals surface area contributed by atoms with E-state index < -0.39 is 0 Å². The molecule has 0 aliphatic rings. The quantitative estimate of drug-likeness (QED) is 0.404. The van der Waals surface area contributed by atoms with Crippen LogP contribution in [0, 0.1) is 3.57 Å². The lowest BCUT2D eigenvalue weighted by atomic mass is 9.98. The first-order chi connectivity index (χ1) is 10.1. The molecular weight excluding hydrogens is 447 g/mol. The molecule has 0 radical (unpaired) electrons. The second kappa shape index (κ2) is 7.44. The van der Waals surface area contributed by atoms with Crippen LogP contribution >= 0.6 is 38.5 Å². The SMILES string of the molecule is COc1ccc(OC)c(C(NN)c2cc(Br)ccc2I)c1. The van der Waals surface area contributed by atoms with E-state index >= 15 is 0 Å². The van der Waals surface area contributed by atoms with Gasteiger partial charge in [-0.25, -0.2) is 5.43 Å². The van der Waals surface area contributed by atoms with Crippen molar-refractivity contribution in [2.24, 2.45) is 5.84 Å². The Kier molecular flexibility index (Phi) is 5.86. The first kappa shape index (κ1) is 16.5. The average molecular weight is 463 g/mol. The monoisotopic (exact) mass is 462 g/mol. The van der Waals surface area contributed by atoms with Gasteiger partial charge in [0.1, 0.15) is 11.5 Å². The second-order valence-corrected chi connectivity index (χ2v) is 6.45. The Hall–Kier alpha value is -0.830. The van der Waals surface area contributed by atoms with Crippen molar-refractivity contribution in [1.82, 2.24) is 5.43 Å². The van der Waals surface area contributed by atoms with Crippen LogP contribution in [0.15, 0.2) is 40.9 Å². The summed E-state index contributed by atoms with van der Waals surface area (Å²) in [6.07, 6.45) is 0. The van der Waals surface area contributed by atoms with E-state index in [4.69, 9.17) is 15.3 Å². The Bertz CT molecular complexity index is 637. The van der Waals surface area contributed by atoms with Crippen LogP contribution in [0.4, 0.5) is 0 Å². The molecule has 3 N–H and O–H groups in total. The molecule has 2 aromatic rings. The van der Waals surface area contributed by atoms with Crippen molar-refractivity contribution in [3.63, 3.8) is 0 Å². The molecule has 0 bridgehead atoms. The Morgan fingerprint density at radius 3 is 2.48 bits per heavy atom. The van der Waals surface area contributed by atoms with Crippen molar-refractivity contribution in [3.8, 4) is 11.5 Å². The van der Waals surface area contributed by atoms with Gasteiger partial charge in [-0.05, 0) is 64.6 Å². The molecule has 0 saturated heterocycles. The van der Waals surface area contributed by atoms with Gasteiger partial charge in [-0.1, -0.05) is 15.9 Å². The van der Waals surface area contributed by atoms with E-state index in [0.717, 1.165) is 30.7 Å². The van der Waals surface area contributed by atoms with Crippen molar-refractivity contribution >= 4 is 38.5 Å². The largest absolute Gasteiger partial charge is 0.497 e. The molecule has 21 heavy (non-hydrogen) atoms. The summed E-state index contributed by atoms with van der Waals surface area (Å²) >= 11 is 5.80. The van der Waals surface area contributed by atoms with Crippen LogP contribution in [0.1, 0.15) is 17.2 Å². The summed E-state index contributed by atoms with van der Waals surface area (Å²) < 4.78 is 12.9. The van der Waals surface area contributed by atoms with E-state index in [9.17, 15) is 0 Å². The number of rotatable bonds is 5. The zero-order valence-corrected chi connectivity index (χ0v) is 15.4. The maximum atomic E-state index is 5.81. The lowest BCUT2D eigenvalue weighted by molar-refractivity contribution is 0.394. The molecule has 4 nitrogen and oxygen atoms in total. The van der Waals surface area contributed by atoms with Gasteiger partial charge < -0.3 is 9.47 Å². The van der Waals surface area contributed by atoms with Crippen LogP contribution in [-0.2, 0) is 0 Å². The molecule has 0 amide bonds. The van der Waals surface area contributed by atoms with Gasteiger partial charge in [-0.2, -0.15) is 0 Å². The summed E-state index contributed by atoms with van der Waals surface area (Å²) in [6.45, 7) is 0. The molecule has 0 heterocycles. The minimum atomic E-state index is -0.195. The first-order valence-corrected chi connectivity index (χ1v) is 8.11. The minimum absolute atomic E-state index is 0.195. The number of hydrogen-bond donors (Lipinski definition) is 2. The molecule has 0 fully saturated rings. The summed E-state index contributed by atoms with van der Waals surface area (Å²) in [7, 11) is 3.28. The lowest BCUT2D eigenvalue weighted by Crippen LogP contribution is -2.29. The fourth-order valence-corrected chi connectivity index (χ4v) is 3.17. The van der Waals surface area contributed by atoms with Gasteiger partial charge in [-0.15, -0.1) is 0 Å². The van der Waals surface area contributed by atoms with Crippen molar-refractivity contribution in [3.05, 3.63) is 55.6 Å². The molecule has 1 unspecified atom stereocenters. The minimum Gasteiger partial charge on any atom is -0.497 e. The van der Waals surface area contributed by atoms with Crippen molar-refractivity contribution < 1.29 is 9.47 Å². The van der Waals surface area contributed by atoms with Crippen molar-refractivity contribution in [2.75, 3.05) is 14.2 Å². The number of nitrogens with two attached hydrogens (primary N) is 1. The third kappa shape index (κ3) is 3.68. The van der Waals surface area contributed by atoms with Gasteiger partial charge in [0.15, 0.2) is 0 Å². The summed E-state index contributed by atoms with van der Waals surface area (Å²) in [5, 5.41) is 0. The van der Waals surface area contributed by atoms with Crippen LogP contribution in [0.25, 0.3) is 0 Å². The maximum Gasteiger partial charge on any atom is 0.124 e. The fraction of sp³-hybridized carbons (Fsp3) is 0.200.